The van der Waals surface area contributed by atoms with Crippen LogP contribution in [0.5, 0.6) is 0 Å². The van der Waals surface area contributed by atoms with Gasteiger partial charge in [0.15, 0.2) is 0 Å². The van der Waals surface area contributed by atoms with Crippen LogP contribution in [0.1, 0.15) is 44.9 Å². The van der Waals surface area contributed by atoms with Crippen molar-refractivity contribution in [1.82, 2.24) is 10.2 Å². The molecule has 0 aromatic carbocycles. The maximum Gasteiger partial charge on any atom is 0.0702 e. The number of likely N-dealkylation sites (tertiary alicyclic amines) is 1. The van der Waals surface area contributed by atoms with Gasteiger partial charge in [-0.25, -0.2) is 0 Å². The van der Waals surface area contributed by atoms with E-state index in [9.17, 15) is 0 Å². The van der Waals surface area contributed by atoms with Crippen LogP contribution in [-0.4, -0.2) is 49.3 Å². The lowest BCUT2D eigenvalue weighted by atomic mass is 9.94. The van der Waals surface area contributed by atoms with Crippen LogP contribution in [0.3, 0.4) is 0 Å². The van der Waals surface area contributed by atoms with Gasteiger partial charge >= 0.3 is 0 Å². The maximum absolute atomic E-state index is 5.80. The van der Waals surface area contributed by atoms with E-state index in [1.54, 1.807) is 0 Å². The highest BCUT2D eigenvalue weighted by Crippen LogP contribution is 2.26. The zero-order chi connectivity index (χ0) is 11.5. The third-order valence-electron chi connectivity index (χ3n) is 4.69. The molecule has 0 amide bonds. The molecule has 3 fully saturated rings. The maximum atomic E-state index is 5.80. The van der Waals surface area contributed by atoms with Gasteiger partial charge in [0, 0.05) is 25.2 Å². The third kappa shape index (κ3) is 2.83. The third-order valence-corrected chi connectivity index (χ3v) is 4.69. The van der Waals surface area contributed by atoms with Crippen LogP contribution < -0.4 is 5.32 Å². The van der Waals surface area contributed by atoms with Gasteiger partial charge in [-0.05, 0) is 51.6 Å². The summed E-state index contributed by atoms with van der Waals surface area (Å²) in [6.07, 6.45) is 10.0. The lowest BCUT2D eigenvalue weighted by Gasteiger charge is -2.40. The molecular formula is C14H26N2O. The minimum atomic E-state index is 0.525. The number of hydrogen-bond acceptors (Lipinski definition) is 3. The van der Waals surface area contributed by atoms with Crippen molar-refractivity contribution in [2.24, 2.45) is 0 Å². The summed E-state index contributed by atoms with van der Waals surface area (Å²) in [6.45, 7) is 4.70. The summed E-state index contributed by atoms with van der Waals surface area (Å²) in [4.78, 5) is 2.72. The van der Waals surface area contributed by atoms with Crippen molar-refractivity contribution in [2.75, 3.05) is 26.2 Å². The molecule has 0 aliphatic carbocycles. The number of piperidine rings is 1. The van der Waals surface area contributed by atoms with Gasteiger partial charge in [0.05, 0.1) is 6.10 Å². The second kappa shape index (κ2) is 5.68. The van der Waals surface area contributed by atoms with Gasteiger partial charge < -0.3 is 10.1 Å². The van der Waals surface area contributed by atoms with E-state index in [0.29, 0.717) is 6.10 Å². The summed E-state index contributed by atoms with van der Waals surface area (Å²) in [5.41, 5.74) is 0. The van der Waals surface area contributed by atoms with E-state index in [-0.39, 0.29) is 0 Å². The molecule has 1 N–H and O–H groups in total. The lowest BCUT2D eigenvalue weighted by molar-refractivity contribution is 0.0356. The molecule has 0 saturated carbocycles. The van der Waals surface area contributed by atoms with Crippen LogP contribution >= 0.6 is 0 Å². The molecule has 3 heterocycles. The fourth-order valence-electron chi connectivity index (χ4n) is 3.79. The van der Waals surface area contributed by atoms with Gasteiger partial charge in [-0.3, -0.25) is 4.90 Å². The Bertz CT molecular complexity index is 234. The summed E-state index contributed by atoms with van der Waals surface area (Å²) in [5, 5.41) is 3.70. The Morgan fingerprint density at radius 3 is 2.82 bits per heavy atom. The van der Waals surface area contributed by atoms with E-state index in [2.05, 4.69) is 10.2 Å². The minimum Gasteiger partial charge on any atom is -0.377 e. The average Bonchev–Trinajstić information content (AvgIpc) is 3.01. The monoisotopic (exact) mass is 238 g/mol. The Balaban J connectivity index is 1.58. The molecule has 17 heavy (non-hydrogen) atoms. The molecule has 3 rings (SSSR count). The van der Waals surface area contributed by atoms with Crippen molar-refractivity contribution < 1.29 is 4.74 Å². The topological polar surface area (TPSA) is 24.5 Å². The van der Waals surface area contributed by atoms with Crippen molar-refractivity contribution in [3.05, 3.63) is 0 Å². The van der Waals surface area contributed by atoms with Gasteiger partial charge in [0.25, 0.3) is 0 Å². The summed E-state index contributed by atoms with van der Waals surface area (Å²) in [6, 6.07) is 1.55. The normalized spacial score (nSPS) is 39.9. The molecule has 3 aliphatic rings. The Kier molecular flexibility index (Phi) is 3.99. The highest BCUT2D eigenvalue weighted by Gasteiger charge is 2.33. The van der Waals surface area contributed by atoms with Crippen LogP contribution in [0, 0.1) is 0 Å². The Morgan fingerprint density at radius 1 is 1.06 bits per heavy atom. The molecule has 0 bridgehead atoms. The van der Waals surface area contributed by atoms with E-state index in [4.69, 9.17) is 4.74 Å². The van der Waals surface area contributed by atoms with Crippen molar-refractivity contribution in [1.29, 1.82) is 0 Å². The fourth-order valence-corrected chi connectivity index (χ4v) is 3.79. The second-order valence-corrected chi connectivity index (χ2v) is 5.90. The van der Waals surface area contributed by atoms with E-state index in [0.717, 1.165) is 18.7 Å². The molecule has 0 spiro atoms. The quantitative estimate of drug-likeness (QED) is 0.811. The number of rotatable bonds is 3. The lowest BCUT2D eigenvalue weighted by Crippen LogP contribution is -2.52. The van der Waals surface area contributed by atoms with Crippen LogP contribution in [0.2, 0.25) is 0 Å². The van der Waals surface area contributed by atoms with Crippen molar-refractivity contribution in [3.63, 3.8) is 0 Å². The Hall–Kier alpha value is -0.120. The number of hydrogen-bond donors (Lipinski definition) is 1. The largest absolute Gasteiger partial charge is 0.377 e. The molecule has 3 unspecified atom stereocenters. The molecule has 3 atom stereocenters. The summed E-state index contributed by atoms with van der Waals surface area (Å²) in [5.74, 6) is 0. The smallest absolute Gasteiger partial charge is 0.0702 e. The zero-order valence-corrected chi connectivity index (χ0v) is 10.9. The SMILES string of the molecule is C1COC(CN2CCCCC2C2CCCN2)C1. The van der Waals surface area contributed by atoms with Gasteiger partial charge in [-0.2, -0.15) is 0 Å². The molecule has 3 nitrogen and oxygen atoms in total. The van der Waals surface area contributed by atoms with Crippen molar-refractivity contribution in [3.8, 4) is 0 Å². The predicted molar refractivity (Wildman–Crippen MR) is 69.2 cm³/mol. The van der Waals surface area contributed by atoms with E-state index >= 15 is 0 Å². The summed E-state index contributed by atoms with van der Waals surface area (Å²) in [7, 11) is 0. The molecule has 3 aliphatic heterocycles. The highest BCUT2D eigenvalue weighted by molar-refractivity contribution is 4.91. The predicted octanol–water partition coefficient (Wildman–Crippen LogP) is 1.77. The van der Waals surface area contributed by atoms with Gasteiger partial charge in [-0.15, -0.1) is 0 Å². The summed E-state index contributed by atoms with van der Waals surface area (Å²) >= 11 is 0. The molecule has 3 heteroatoms. The molecule has 0 aromatic rings. The molecule has 3 saturated heterocycles. The Morgan fingerprint density at radius 2 is 2.06 bits per heavy atom. The van der Waals surface area contributed by atoms with Crippen molar-refractivity contribution >= 4 is 0 Å². The number of ether oxygens (including phenoxy) is 1. The minimum absolute atomic E-state index is 0.525. The first-order valence-electron chi connectivity index (χ1n) is 7.52. The highest BCUT2D eigenvalue weighted by atomic mass is 16.5. The van der Waals surface area contributed by atoms with Crippen LogP contribution in [0.15, 0.2) is 0 Å². The first-order chi connectivity index (χ1) is 8.43. The first-order valence-corrected chi connectivity index (χ1v) is 7.52. The molecule has 0 radical (unpaired) electrons. The van der Waals surface area contributed by atoms with E-state index in [1.165, 1.54) is 64.6 Å². The second-order valence-electron chi connectivity index (χ2n) is 5.90. The summed E-state index contributed by atoms with van der Waals surface area (Å²) < 4.78 is 5.80. The van der Waals surface area contributed by atoms with Gasteiger partial charge in [-0.1, -0.05) is 6.42 Å². The van der Waals surface area contributed by atoms with Crippen LogP contribution in [0.25, 0.3) is 0 Å². The molecule has 0 aromatic heterocycles. The fraction of sp³-hybridized carbons (Fsp3) is 1.00. The van der Waals surface area contributed by atoms with Crippen molar-refractivity contribution in [2.45, 2.75) is 63.1 Å². The van der Waals surface area contributed by atoms with E-state index < -0.39 is 0 Å². The standard InChI is InChI=1S/C14H26N2O/c1-2-9-16(11-12-5-4-10-17-12)14(7-1)13-6-3-8-15-13/h12-15H,1-11H2. The number of nitrogens with zero attached hydrogens (tertiary/aromatic N) is 1. The Labute approximate surface area is 105 Å². The zero-order valence-electron chi connectivity index (χ0n) is 10.9. The number of nitrogens with one attached hydrogen (secondary N) is 1. The molecular weight excluding hydrogens is 212 g/mol. The van der Waals surface area contributed by atoms with Crippen LogP contribution in [-0.2, 0) is 4.74 Å². The van der Waals surface area contributed by atoms with Gasteiger partial charge in [0.2, 0.25) is 0 Å². The van der Waals surface area contributed by atoms with Gasteiger partial charge in [0.1, 0.15) is 0 Å². The molecule has 98 valence electrons. The first kappa shape index (κ1) is 11.9. The van der Waals surface area contributed by atoms with E-state index in [1.807, 2.05) is 0 Å². The average molecular weight is 238 g/mol. The van der Waals surface area contributed by atoms with Crippen LogP contribution in [0.4, 0.5) is 0 Å².